The first-order valence-corrected chi connectivity index (χ1v) is 14.7. The zero-order valence-electron chi connectivity index (χ0n) is 25.0. The van der Waals surface area contributed by atoms with Gasteiger partial charge in [0.25, 0.3) is 0 Å². The summed E-state index contributed by atoms with van der Waals surface area (Å²) in [7, 11) is 1.35. The van der Waals surface area contributed by atoms with Crippen molar-refractivity contribution < 1.29 is 23.9 Å². The number of hydrogen-bond donors (Lipinski definition) is 1. The number of esters is 1. The Balaban J connectivity index is 1.38. The van der Waals surface area contributed by atoms with Gasteiger partial charge in [-0.2, -0.15) is 0 Å². The molecule has 4 aromatic carbocycles. The molecule has 0 radical (unpaired) electrons. The highest BCUT2D eigenvalue weighted by molar-refractivity contribution is 6.12. The Kier molecular flexibility index (Phi) is 11.9. The summed E-state index contributed by atoms with van der Waals surface area (Å²) in [6.45, 7) is 5.02. The number of para-hydroxylation sites is 1. The fraction of sp³-hybridized carbons (Fsp3) is 0.216. The van der Waals surface area contributed by atoms with Crippen LogP contribution in [0, 0.1) is 0 Å². The van der Waals surface area contributed by atoms with Crippen LogP contribution in [0.2, 0.25) is 0 Å². The third kappa shape index (κ3) is 9.16. The van der Waals surface area contributed by atoms with Crippen LogP contribution in [0.3, 0.4) is 0 Å². The number of rotatable bonds is 16. The van der Waals surface area contributed by atoms with E-state index in [1.807, 2.05) is 78.9 Å². The van der Waals surface area contributed by atoms with Crippen molar-refractivity contribution in [2.45, 2.75) is 31.8 Å². The molecule has 1 atom stereocenters. The predicted octanol–water partition coefficient (Wildman–Crippen LogP) is 6.49. The number of methoxy groups -OCH3 is 1. The minimum absolute atomic E-state index is 0.0566. The van der Waals surface area contributed by atoms with Crippen LogP contribution in [0.25, 0.3) is 0 Å². The average Bonchev–Trinajstić information content (AvgIpc) is 3.07. The average molecular weight is 591 g/mol. The molecule has 0 saturated carbocycles. The van der Waals surface area contributed by atoms with Crippen molar-refractivity contribution in [2.75, 3.05) is 25.6 Å². The molecule has 44 heavy (non-hydrogen) atoms. The first-order valence-electron chi connectivity index (χ1n) is 14.7. The molecule has 0 fully saturated rings. The minimum Gasteiger partial charge on any atom is -0.492 e. The summed E-state index contributed by atoms with van der Waals surface area (Å²) in [5.41, 5.74) is 3.54. The Morgan fingerprint density at radius 2 is 1.50 bits per heavy atom. The van der Waals surface area contributed by atoms with Gasteiger partial charge in [-0.15, -0.1) is 6.58 Å². The van der Waals surface area contributed by atoms with Crippen molar-refractivity contribution in [3.8, 4) is 5.75 Å². The maximum atomic E-state index is 13.2. The molecule has 0 aliphatic carbocycles. The first kappa shape index (κ1) is 31.8. The number of nitrogens with one attached hydrogen (secondary N) is 1. The molecule has 226 valence electrons. The normalized spacial score (nSPS) is 11.2. The van der Waals surface area contributed by atoms with Crippen LogP contribution in [0.4, 0.5) is 5.69 Å². The van der Waals surface area contributed by atoms with Gasteiger partial charge in [0, 0.05) is 36.2 Å². The highest BCUT2D eigenvalue weighted by atomic mass is 16.5. The van der Waals surface area contributed by atoms with Gasteiger partial charge < -0.3 is 19.7 Å². The predicted molar refractivity (Wildman–Crippen MR) is 173 cm³/mol. The number of allylic oxidation sites excluding steroid dienone is 1. The lowest BCUT2D eigenvalue weighted by atomic mass is 10.00. The monoisotopic (exact) mass is 590 g/mol. The molecule has 4 aromatic rings. The number of nitrogens with zero attached hydrogens (tertiary/aromatic N) is 1. The second kappa shape index (κ2) is 16.5. The summed E-state index contributed by atoms with van der Waals surface area (Å²) in [6.07, 6.45) is 3.12. The lowest BCUT2D eigenvalue weighted by Gasteiger charge is -2.23. The molecule has 1 amide bonds. The van der Waals surface area contributed by atoms with Gasteiger partial charge in [-0.25, -0.2) is 4.79 Å². The first-order chi connectivity index (χ1) is 21.5. The molecule has 7 heteroatoms. The molecule has 7 nitrogen and oxygen atoms in total. The van der Waals surface area contributed by atoms with Crippen LogP contribution in [-0.4, -0.2) is 48.9 Å². The quantitative estimate of drug-likeness (QED) is 0.0913. The largest absolute Gasteiger partial charge is 0.492 e. The Morgan fingerprint density at radius 1 is 0.841 bits per heavy atom. The third-order valence-electron chi connectivity index (χ3n) is 7.15. The zero-order chi connectivity index (χ0) is 31.1. The van der Waals surface area contributed by atoms with Crippen LogP contribution >= 0.6 is 0 Å². The maximum Gasteiger partial charge on any atom is 0.328 e. The third-order valence-corrected chi connectivity index (χ3v) is 7.15. The standard InChI is InChI=1S/C37H38N2O5/c1-3-4-19-35(40)39(27-29-13-7-5-8-14-29)24-25-44-31-22-20-28(21-23-31)26-34(37(42)43-2)38-33-18-12-11-17-32(33)36(41)30-15-9-6-10-16-30/h3,5-18,20-23,34,38H,1,4,19,24-27H2,2H3/t34-/m0/s1. The van der Waals surface area contributed by atoms with Gasteiger partial charge in [-0.05, 0) is 41.8 Å². The number of carbonyl (C=O) groups is 3. The summed E-state index contributed by atoms with van der Waals surface area (Å²) in [5.74, 6) is 0.143. The van der Waals surface area contributed by atoms with E-state index in [9.17, 15) is 14.4 Å². The van der Waals surface area contributed by atoms with Crippen LogP contribution in [0.5, 0.6) is 5.75 Å². The Morgan fingerprint density at radius 3 is 2.18 bits per heavy atom. The Hall–Kier alpha value is -5.17. The molecule has 0 aliphatic rings. The fourth-order valence-corrected chi connectivity index (χ4v) is 4.79. The number of ether oxygens (including phenoxy) is 2. The fourth-order valence-electron chi connectivity index (χ4n) is 4.79. The molecule has 4 rings (SSSR count). The molecular formula is C37H38N2O5. The van der Waals surface area contributed by atoms with E-state index >= 15 is 0 Å². The van der Waals surface area contributed by atoms with E-state index in [2.05, 4.69) is 11.9 Å². The number of hydrogen-bond acceptors (Lipinski definition) is 6. The molecule has 0 spiro atoms. The highest BCUT2D eigenvalue weighted by Crippen LogP contribution is 2.22. The lowest BCUT2D eigenvalue weighted by molar-refractivity contribution is -0.141. The van der Waals surface area contributed by atoms with Crippen molar-refractivity contribution in [3.05, 3.63) is 144 Å². The summed E-state index contributed by atoms with van der Waals surface area (Å²) in [6, 6.07) is 32.8. The smallest absolute Gasteiger partial charge is 0.328 e. The second-order valence-corrected chi connectivity index (χ2v) is 10.3. The topological polar surface area (TPSA) is 84.9 Å². The van der Waals surface area contributed by atoms with Gasteiger partial charge in [-0.3, -0.25) is 9.59 Å². The van der Waals surface area contributed by atoms with E-state index in [4.69, 9.17) is 9.47 Å². The van der Waals surface area contributed by atoms with E-state index < -0.39 is 12.0 Å². The highest BCUT2D eigenvalue weighted by Gasteiger charge is 2.23. The van der Waals surface area contributed by atoms with Crippen molar-refractivity contribution in [2.24, 2.45) is 0 Å². The molecule has 0 bridgehead atoms. The van der Waals surface area contributed by atoms with Crippen LogP contribution in [-0.2, 0) is 27.3 Å². The van der Waals surface area contributed by atoms with E-state index in [0.29, 0.717) is 61.5 Å². The van der Waals surface area contributed by atoms with Crippen LogP contribution in [0.15, 0.2) is 122 Å². The van der Waals surface area contributed by atoms with Gasteiger partial charge in [-0.1, -0.05) is 91.0 Å². The summed E-state index contributed by atoms with van der Waals surface area (Å²) in [4.78, 5) is 40.6. The number of benzene rings is 4. The van der Waals surface area contributed by atoms with Gasteiger partial charge >= 0.3 is 5.97 Å². The van der Waals surface area contributed by atoms with Gasteiger partial charge in [0.2, 0.25) is 5.91 Å². The Labute approximate surface area is 259 Å². The van der Waals surface area contributed by atoms with Crippen LogP contribution < -0.4 is 10.1 Å². The molecule has 0 aliphatic heterocycles. The summed E-state index contributed by atoms with van der Waals surface area (Å²) < 4.78 is 11.1. The van der Waals surface area contributed by atoms with Crippen molar-refractivity contribution in [1.29, 1.82) is 0 Å². The number of amides is 1. The van der Waals surface area contributed by atoms with Crippen molar-refractivity contribution in [1.82, 2.24) is 4.90 Å². The zero-order valence-corrected chi connectivity index (χ0v) is 25.0. The van der Waals surface area contributed by atoms with Gasteiger partial charge in [0.05, 0.1) is 13.7 Å². The van der Waals surface area contributed by atoms with E-state index in [-0.39, 0.29) is 11.7 Å². The molecule has 0 heterocycles. The SMILES string of the molecule is C=CCCC(=O)N(CCOc1ccc(C[C@H](Nc2ccccc2C(=O)c2ccccc2)C(=O)OC)cc1)Cc1ccccc1. The van der Waals surface area contributed by atoms with Crippen molar-refractivity contribution in [3.63, 3.8) is 0 Å². The maximum absolute atomic E-state index is 13.2. The molecular weight excluding hydrogens is 552 g/mol. The van der Waals surface area contributed by atoms with Crippen molar-refractivity contribution >= 4 is 23.3 Å². The number of carbonyl (C=O) groups excluding carboxylic acids is 3. The number of anilines is 1. The molecule has 0 aromatic heterocycles. The summed E-state index contributed by atoms with van der Waals surface area (Å²) >= 11 is 0. The van der Waals surface area contributed by atoms with E-state index in [1.54, 1.807) is 41.3 Å². The lowest BCUT2D eigenvalue weighted by Crippen LogP contribution is -2.34. The van der Waals surface area contributed by atoms with E-state index in [0.717, 1.165) is 11.1 Å². The summed E-state index contributed by atoms with van der Waals surface area (Å²) in [5, 5.41) is 3.23. The van der Waals surface area contributed by atoms with E-state index in [1.165, 1.54) is 7.11 Å². The molecule has 0 saturated heterocycles. The van der Waals surface area contributed by atoms with Gasteiger partial charge in [0.15, 0.2) is 5.78 Å². The second-order valence-electron chi connectivity index (χ2n) is 10.3. The Bertz CT molecular complexity index is 1520. The minimum atomic E-state index is -0.718. The molecule has 0 unspecified atom stereocenters. The number of ketones is 1. The van der Waals surface area contributed by atoms with Gasteiger partial charge in [0.1, 0.15) is 18.4 Å². The van der Waals surface area contributed by atoms with Crippen LogP contribution in [0.1, 0.15) is 39.9 Å². The molecule has 1 N–H and O–H groups in total.